The van der Waals surface area contributed by atoms with E-state index >= 15 is 0 Å². The zero-order valence-corrected chi connectivity index (χ0v) is 28.3. The molecule has 4 rings (SSSR count). The summed E-state index contributed by atoms with van der Waals surface area (Å²) in [6.07, 6.45) is 0.357. The van der Waals surface area contributed by atoms with Crippen LogP contribution < -0.4 is 30.3 Å². The van der Waals surface area contributed by atoms with Crippen molar-refractivity contribution < 1.29 is 33.6 Å². The highest BCUT2D eigenvalue weighted by atomic mass is 79.9. The molecule has 1 heterocycles. The van der Waals surface area contributed by atoms with Gasteiger partial charge in [-0.05, 0) is 87.2 Å². The van der Waals surface area contributed by atoms with Gasteiger partial charge in [0, 0.05) is 11.3 Å². The average molecular weight is 757 g/mol. The van der Waals surface area contributed by atoms with Crippen LogP contribution >= 0.6 is 31.9 Å². The van der Waals surface area contributed by atoms with E-state index in [1.165, 1.54) is 13.3 Å². The van der Waals surface area contributed by atoms with Gasteiger partial charge >= 0.3 is 12.0 Å². The summed E-state index contributed by atoms with van der Waals surface area (Å²) >= 11 is 7.03. The number of benzene rings is 3. The van der Waals surface area contributed by atoms with Crippen LogP contribution in [0.15, 0.2) is 79.9 Å². The summed E-state index contributed by atoms with van der Waals surface area (Å²) in [6, 6.07) is 16.7. The van der Waals surface area contributed by atoms with Crippen molar-refractivity contribution >= 4 is 50.1 Å². The third-order valence-electron chi connectivity index (χ3n) is 6.64. The Hall–Kier alpha value is -4.58. The van der Waals surface area contributed by atoms with Gasteiger partial charge < -0.3 is 34.7 Å². The van der Waals surface area contributed by atoms with Crippen LogP contribution in [0.5, 0.6) is 17.2 Å². The van der Waals surface area contributed by atoms with E-state index in [4.69, 9.17) is 18.9 Å². The summed E-state index contributed by atoms with van der Waals surface area (Å²) in [5.41, 5.74) is 5.87. The topological polar surface area (TPSA) is 164 Å². The number of amides is 2. The molecule has 1 aliphatic heterocycles. The first-order chi connectivity index (χ1) is 22.1. The maximum Gasteiger partial charge on any atom is 0.337 e. The molecular formula is C32H31Br2N5O7. The van der Waals surface area contributed by atoms with Crippen molar-refractivity contribution in [2.45, 2.75) is 32.7 Å². The van der Waals surface area contributed by atoms with Crippen LogP contribution in [0.25, 0.3) is 0 Å². The van der Waals surface area contributed by atoms with Crippen molar-refractivity contribution in [3.8, 4) is 23.3 Å². The summed E-state index contributed by atoms with van der Waals surface area (Å²) in [5, 5.41) is 29.2. The molecule has 0 radical (unpaired) electrons. The lowest BCUT2D eigenvalue weighted by atomic mass is 9.95. The second kappa shape index (κ2) is 16.1. The molecule has 4 N–H and O–H groups in total. The van der Waals surface area contributed by atoms with Gasteiger partial charge in [0.2, 0.25) is 0 Å². The van der Waals surface area contributed by atoms with Gasteiger partial charge in [0.15, 0.2) is 17.7 Å². The number of hydrogen-bond donors (Lipinski definition) is 4. The Morgan fingerprint density at radius 3 is 2.57 bits per heavy atom. The lowest BCUT2D eigenvalue weighted by Gasteiger charge is -2.28. The molecule has 0 bridgehead atoms. The lowest BCUT2D eigenvalue weighted by molar-refractivity contribution is -0.136. The van der Waals surface area contributed by atoms with Gasteiger partial charge in [-0.1, -0.05) is 24.3 Å². The number of aliphatic hydroxyl groups excluding tert-OH is 1. The van der Waals surface area contributed by atoms with Gasteiger partial charge in [0.1, 0.15) is 19.0 Å². The zero-order chi connectivity index (χ0) is 33.2. The summed E-state index contributed by atoms with van der Waals surface area (Å²) in [5.74, 6) is 0.693. The van der Waals surface area contributed by atoms with Crippen LogP contribution in [-0.2, 0) is 16.1 Å². The number of methoxy groups -OCH3 is 1. The first-order valence-corrected chi connectivity index (χ1v) is 15.6. The number of carbonyl (C=O) groups excluding carboxylic acids is 2. The van der Waals surface area contributed by atoms with Gasteiger partial charge in [0.05, 0.1) is 52.1 Å². The number of hydrogen-bond acceptors (Lipinski definition) is 10. The van der Waals surface area contributed by atoms with Crippen molar-refractivity contribution in [2.75, 3.05) is 20.3 Å². The number of rotatable bonds is 13. The van der Waals surface area contributed by atoms with E-state index < -0.39 is 24.3 Å². The largest absolute Gasteiger partial charge is 0.490 e. The number of nitrogens with zero attached hydrogens (tertiary/aromatic N) is 2. The molecule has 14 heteroatoms. The number of carbonyl (C=O) groups is 2. The lowest BCUT2D eigenvalue weighted by Crippen LogP contribution is -2.45. The highest BCUT2D eigenvalue weighted by molar-refractivity contribution is 9.11. The van der Waals surface area contributed by atoms with Crippen molar-refractivity contribution in [1.82, 2.24) is 16.1 Å². The maximum atomic E-state index is 12.5. The zero-order valence-electron chi connectivity index (χ0n) is 25.1. The predicted octanol–water partition coefficient (Wildman–Crippen LogP) is 5.18. The van der Waals surface area contributed by atoms with Crippen molar-refractivity contribution in [1.29, 1.82) is 5.26 Å². The van der Waals surface area contributed by atoms with Crippen LogP contribution in [0.4, 0.5) is 4.79 Å². The molecular weight excluding hydrogens is 726 g/mol. The molecule has 12 nitrogen and oxygen atoms in total. The van der Waals surface area contributed by atoms with E-state index in [-0.39, 0.29) is 18.8 Å². The summed E-state index contributed by atoms with van der Waals surface area (Å²) in [4.78, 5) is 24.6. The molecule has 0 aliphatic carbocycles. The fourth-order valence-electron chi connectivity index (χ4n) is 4.52. The Morgan fingerprint density at radius 1 is 1.13 bits per heavy atom. The van der Waals surface area contributed by atoms with E-state index in [1.54, 1.807) is 56.3 Å². The minimum atomic E-state index is -1.17. The Bertz CT molecular complexity index is 1680. The van der Waals surface area contributed by atoms with E-state index in [2.05, 4.69) is 59.1 Å². The van der Waals surface area contributed by atoms with E-state index in [9.17, 15) is 20.0 Å². The second-order valence-electron chi connectivity index (χ2n) is 9.79. The van der Waals surface area contributed by atoms with Crippen molar-refractivity contribution in [3.63, 3.8) is 0 Å². The van der Waals surface area contributed by atoms with Crippen LogP contribution in [0, 0.1) is 11.3 Å². The van der Waals surface area contributed by atoms with E-state index in [0.29, 0.717) is 55.2 Å². The molecule has 2 amide bonds. The average Bonchev–Trinajstić information content (AvgIpc) is 3.03. The highest BCUT2D eigenvalue weighted by Gasteiger charge is 2.32. The van der Waals surface area contributed by atoms with Gasteiger partial charge in [-0.3, -0.25) is 5.43 Å². The van der Waals surface area contributed by atoms with Crippen LogP contribution in [0.3, 0.4) is 0 Å². The standard InChI is InChI=1S/C32H31Br2N5O7/c1-4-44-26-13-20(29-28(31(41)43-3)18(2)37-32(42)38-29)9-10-25(26)45-17-27(40)39-36-15-19-11-23(33)30(24(34)12-19)46-16-22-8-6-5-7-21(22)14-35/h5-13,15,27,29,39-40H,4,16-17H2,1-3H3,(H2,37,38,42)/b36-15-/t27-,29-/m0/s1. The number of allylic oxidation sites excluding steroid dienone is 1. The Kier molecular flexibility index (Phi) is 12.0. The van der Waals surface area contributed by atoms with E-state index in [0.717, 1.165) is 5.56 Å². The number of hydrazone groups is 1. The third-order valence-corrected chi connectivity index (χ3v) is 7.82. The monoisotopic (exact) mass is 755 g/mol. The fraction of sp³-hybridized carbons (Fsp3) is 0.250. The summed E-state index contributed by atoms with van der Waals surface area (Å²) in [7, 11) is 1.27. The molecule has 46 heavy (non-hydrogen) atoms. The number of aliphatic hydroxyl groups is 1. The van der Waals surface area contributed by atoms with E-state index in [1.807, 2.05) is 12.1 Å². The number of urea groups is 1. The van der Waals surface area contributed by atoms with Gasteiger partial charge in [-0.15, -0.1) is 0 Å². The number of nitriles is 1. The minimum Gasteiger partial charge on any atom is -0.490 e. The minimum absolute atomic E-state index is 0.169. The molecule has 0 spiro atoms. The molecule has 3 aromatic carbocycles. The van der Waals surface area contributed by atoms with Gasteiger partial charge in [-0.25, -0.2) is 9.59 Å². The molecule has 240 valence electrons. The quantitative estimate of drug-likeness (QED) is 0.0797. The molecule has 0 aromatic heterocycles. The number of halogens is 2. The van der Waals surface area contributed by atoms with Gasteiger partial charge in [-0.2, -0.15) is 10.4 Å². The summed E-state index contributed by atoms with van der Waals surface area (Å²) < 4.78 is 23.8. The van der Waals surface area contributed by atoms with Crippen molar-refractivity contribution in [3.05, 3.63) is 97.1 Å². The molecule has 2 atom stereocenters. The first-order valence-electron chi connectivity index (χ1n) is 14.0. The van der Waals surface area contributed by atoms with Crippen LogP contribution in [-0.4, -0.2) is 49.9 Å². The molecule has 0 unspecified atom stereocenters. The number of esters is 1. The smallest absolute Gasteiger partial charge is 0.337 e. The van der Waals surface area contributed by atoms with Crippen molar-refractivity contribution in [2.24, 2.45) is 5.10 Å². The molecule has 0 saturated heterocycles. The SMILES string of the molecule is CCOc1cc([C@@H]2NC(=O)NC(C)=C2C(=O)OC)ccc1OC[C@H](O)N/N=C\c1cc(Br)c(OCc2ccccc2C#N)c(Br)c1. The first kappa shape index (κ1) is 34.3. The Morgan fingerprint density at radius 2 is 1.87 bits per heavy atom. The molecule has 3 aromatic rings. The third kappa shape index (κ3) is 8.57. The second-order valence-corrected chi connectivity index (χ2v) is 11.5. The number of ether oxygens (including phenoxy) is 4. The van der Waals surface area contributed by atoms with Crippen LogP contribution in [0.2, 0.25) is 0 Å². The Balaban J connectivity index is 1.37. The Labute approximate surface area is 282 Å². The molecule has 0 fully saturated rings. The number of nitrogens with one attached hydrogen (secondary N) is 3. The fourth-order valence-corrected chi connectivity index (χ4v) is 5.97. The summed E-state index contributed by atoms with van der Waals surface area (Å²) in [6.45, 7) is 3.80. The maximum absolute atomic E-state index is 12.5. The highest BCUT2D eigenvalue weighted by Crippen LogP contribution is 2.36. The normalized spacial score (nSPS) is 15.0. The van der Waals surface area contributed by atoms with Crippen LogP contribution in [0.1, 0.15) is 42.1 Å². The molecule has 0 saturated carbocycles. The molecule has 1 aliphatic rings. The van der Waals surface area contributed by atoms with Gasteiger partial charge in [0.25, 0.3) is 0 Å². The predicted molar refractivity (Wildman–Crippen MR) is 176 cm³/mol.